The Bertz CT molecular complexity index is 415. The lowest BCUT2D eigenvalue weighted by Gasteiger charge is -2.03. The monoisotopic (exact) mass is 254 g/mol. The molecule has 18 heavy (non-hydrogen) atoms. The Labute approximate surface area is 104 Å². The fraction of sp³-hybridized carbons (Fsp3) is 0.333. The highest BCUT2D eigenvalue weighted by molar-refractivity contribution is 5.94. The third-order valence-corrected chi connectivity index (χ3v) is 2.08. The minimum Gasteiger partial charge on any atom is -0.478 e. The van der Waals surface area contributed by atoms with Gasteiger partial charge in [-0.3, -0.25) is 4.89 Å². The van der Waals surface area contributed by atoms with Gasteiger partial charge < -0.3 is 5.11 Å². The van der Waals surface area contributed by atoms with E-state index in [-0.39, 0.29) is 11.1 Å². The van der Waals surface area contributed by atoms with Gasteiger partial charge in [-0.05, 0) is 29.7 Å². The fourth-order valence-electron chi connectivity index (χ4n) is 1.12. The summed E-state index contributed by atoms with van der Waals surface area (Å²) in [6.07, 6.45) is 1.71. The molecule has 0 aliphatic heterocycles. The average molecular weight is 254 g/mol. The van der Waals surface area contributed by atoms with Crippen LogP contribution in [0.25, 0.3) is 0 Å². The second-order valence-electron chi connectivity index (χ2n) is 3.50. The molecule has 6 heteroatoms. The molecule has 0 heterocycles. The molecule has 0 fully saturated rings. The van der Waals surface area contributed by atoms with E-state index in [9.17, 15) is 9.59 Å². The lowest BCUT2D eigenvalue weighted by atomic mass is 10.1. The highest BCUT2D eigenvalue weighted by atomic mass is 17.5. The molecular formula is C12H14O6. The minimum absolute atomic E-state index is 0.00338. The molecule has 0 aromatic heterocycles. The first-order valence-corrected chi connectivity index (χ1v) is 5.49. The van der Waals surface area contributed by atoms with Crippen molar-refractivity contribution in [1.82, 2.24) is 0 Å². The number of carboxylic acids is 1. The third-order valence-electron chi connectivity index (χ3n) is 2.08. The van der Waals surface area contributed by atoms with Gasteiger partial charge in [0.25, 0.3) is 0 Å². The molecule has 0 saturated heterocycles. The van der Waals surface area contributed by atoms with Gasteiger partial charge in [-0.25, -0.2) is 9.59 Å². The number of carbonyl (C=O) groups is 2. The molecule has 0 amide bonds. The van der Waals surface area contributed by atoms with Gasteiger partial charge in [-0.2, -0.15) is 4.89 Å². The largest absolute Gasteiger partial charge is 0.478 e. The zero-order valence-electron chi connectivity index (χ0n) is 9.92. The second-order valence-corrected chi connectivity index (χ2v) is 3.50. The normalized spacial score (nSPS) is 10.1. The van der Waals surface area contributed by atoms with Crippen LogP contribution in [0.5, 0.6) is 0 Å². The summed E-state index contributed by atoms with van der Waals surface area (Å²) in [5.41, 5.74) is 0.0744. The van der Waals surface area contributed by atoms with E-state index in [1.165, 1.54) is 24.3 Å². The van der Waals surface area contributed by atoms with E-state index in [1.807, 2.05) is 6.92 Å². The average Bonchev–Trinajstić information content (AvgIpc) is 2.38. The standard InChI is InChI=1S/C12H14O6/c1-2-3-7-16-18-17-12(15)10-6-4-5-9(8-10)11(13)14/h4-6,8H,2-3,7H2,1H3,(H,13,14). The number of benzene rings is 1. The minimum atomic E-state index is -1.12. The Morgan fingerprint density at radius 1 is 1.28 bits per heavy atom. The summed E-state index contributed by atoms with van der Waals surface area (Å²) in [7, 11) is 0. The molecule has 1 aromatic rings. The summed E-state index contributed by atoms with van der Waals surface area (Å²) in [4.78, 5) is 31.1. The van der Waals surface area contributed by atoms with Crippen molar-refractivity contribution in [1.29, 1.82) is 0 Å². The number of rotatable bonds is 7. The topological polar surface area (TPSA) is 82.1 Å². The summed E-state index contributed by atoms with van der Waals surface area (Å²) in [6.45, 7) is 2.30. The Kier molecular flexibility index (Phi) is 5.83. The molecule has 98 valence electrons. The molecule has 1 N–H and O–H groups in total. The number of aromatic carboxylic acids is 1. The zero-order chi connectivity index (χ0) is 13.4. The predicted molar refractivity (Wildman–Crippen MR) is 60.8 cm³/mol. The highest BCUT2D eigenvalue weighted by Crippen LogP contribution is 2.07. The van der Waals surface area contributed by atoms with Gasteiger partial charge >= 0.3 is 11.9 Å². The van der Waals surface area contributed by atoms with Gasteiger partial charge in [-0.15, -0.1) is 0 Å². The van der Waals surface area contributed by atoms with Crippen molar-refractivity contribution in [3.8, 4) is 0 Å². The van der Waals surface area contributed by atoms with Crippen LogP contribution in [0.1, 0.15) is 40.5 Å². The smallest absolute Gasteiger partial charge is 0.376 e. The lowest BCUT2D eigenvalue weighted by Crippen LogP contribution is -2.08. The summed E-state index contributed by atoms with van der Waals surface area (Å²) >= 11 is 0. The van der Waals surface area contributed by atoms with Crippen molar-refractivity contribution in [3.63, 3.8) is 0 Å². The van der Waals surface area contributed by atoms with Gasteiger partial charge in [-0.1, -0.05) is 19.4 Å². The molecule has 0 aliphatic rings. The number of hydrogen-bond acceptors (Lipinski definition) is 5. The molecule has 0 saturated carbocycles. The molecule has 0 unspecified atom stereocenters. The Morgan fingerprint density at radius 3 is 2.67 bits per heavy atom. The molecule has 6 nitrogen and oxygen atoms in total. The molecule has 0 atom stereocenters. The van der Waals surface area contributed by atoms with Gasteiger partial charge in [0.1, 0.15) is 0 Å². The van der Waals surface area contributed by atoms with Crippen LogP contribution in [0.15, 0.2) is 24.3 Å². The van der Waals surface area contributed by atoms with Crippen LogP contribution in [0, 0.1) is 0 Å². The Balaban J connectivity index is 2.46. The van der Waals surface area contributed by atoms with Crippen LogP contribution in [0.3, 0.4) is 0 Å². The molecule has 0 spiro atoms. The second kappa shape index (κ2) is 7.41. The van der Waals surface area contributed by atoms with Crippen molar-refractivity contribution in [2.45, 2.75) is 19.8 Å². The quantitative estimate of drug-likeness (QED) is 0.456. The van der Waals surface area contributed by atoms with Crippen LogP contribution >= 0.6 is 0 Å². The van der Waals surface area contributed by atoms with Crippen LogP contribution < -0.4 is 0 Å². The summed E-state index contributed by atoms with van der Waals surface area (Å²) < 4.78 is 0. The van der Waals surface area contributed by atoms with E-state index in [2.05, 4.69) is 14.8 Å². The maximum atomic E-state index is 11.4. The fourth-order valence-corrected chi connectivity index (χ4v) is 1.12. The van der Waals surface area contributed by atoms with E-state index in [4.69, 9.17) is 5.11 Å². The maximum absolute atomic E-state index is 11.4. The number of unbranched alkanes of at least 4 members (excludes halogenated alkanes) is 1. The molecule has 0 bridgehead atoms. The number of carboxylic acid groups (broad SMARTS) is 1. The van der Waals surface area contributed by atoms with Crippen LogP contribution in [-0.4, -0.2) is 23.7 Å². The first-order chi connectivity index (χ1) is 8.65. The number of hydrogen-bond donors (Lipinski definition) is 1. The molecule has 1 rings (SSSR count). The van der Waals surface area contributed by atoms with Crippen molar-refractivity contribution < 1.29 is 29.5 Å². The summed E-state index contributed by atoms with van der Waals surface area (Å²) in [5.74, 6) is -1.93. The molecule has 0 aliphatic carbocycles. The maximum Gasteiger partial charge on any atom is 0.376 e. The van der Waals surface area contributed by atoms with Crippen molar-refractivity contribution in [2.24, 2.45) is 0 Å². The van der Waals surface area contributed by atoms with E-state index in [1.54, 1.807) is 0 Å². The lowest BCUT2D eigenvalue weighted by molar-refractivity contribution is -0.481. The summed E-state index contributed by atoms with van der Waals surface area (Å²) in [5, 5.41) is 13.0. The SMILES string of the molecule is CCCCOOOC(=O)c1cccc(C(=O)O)c1. The van der Waals surface area contributed by atoms with Crippen molar-refractivity contribution >= 4 is 11.9 Å². The van der Waals surface area contributed by atoms with Crippen molar-refractivity contribution in [2.75, 3.05) is 6.61 Å². The van der Waals surface area contributed by atoms with Crippen molar-refractivity contribution in [3.05, 3.63) is 35.4 Å². The van der Waals surface area contributed by atoms with E-state index in [0.717, 1.165) is 12.8 Å². The highest BCUT2D eigenvalue weighted by Gasteiger charge is 2.11. The van der Waals surface area contributed by atoms with Gasteiger partial charge in [0.15, 0.2) is 0 Å². The van der Waals surface area contributed by atoms with Crippen LogP contribution in [0.2, 0.25) is 0 Å². The van der Waals surface area contributed by atoms with Gasteiger partial charge in [0.2, 0.25) is 0 Å². The van der Waals surface area contributed by atoms with Gasteiger partial charge in [0.05, 0.1) is 17.7 Å². The third kappa shape index (κ3) is 4.52. The van der Waals surface area contributed by atoms with E-state index < -0.39 is 11.9 Å². The van der Waals surface area contributed by atoms with E-state index >= 15 is 0 Å². The Hall–Kier alpha value is -1.92. The first-order valence-electron chi connectivity index (χ1n) is 5.49. The van der Waals surface area contributed by atoms with Crippen LogP contribution in [0.4, 0.5) is 0 Å². The molecule has 0 radical (unpaired) electrons. The Morgan fingerprint density at radius 2 is 2.00 bits per heavy atom. The molecule has 1 aromatic carbocycles. The number of carbonyl (C=O) groups excluding carboxylic acids is 1. The van der Waals surface area contributed by atoms with Gasteiger partial charge in [0, 0.05) is 0 Å². The van der Waals surface area contributed by atoms with E-state index in [0.29, 0.717) is 6.61 Å². The van der Waals surface area contributed by atoms with Crippen LogP contribution in [-0.2, 0) is 14.8 Å². The summed E-state index contributed by atoms with van der Waals surface area (Å²) in [6, 6.07) is 5.43. The molecular weight excluding hydrogens is 240 g/mol. The first kappa shape index (κ1) is 14.1. The predicted octanol–water partition coefficient (Wildman–Crippen LogP) is 2.20. The zero-order valence-corrected chi connectivity index (χ0v) is 9.92.